The number of rotatable bonds is 4. The van der Waals surface area contributed by atoms with Crippen LogP contribution in [0.2, 0.25) is 0 Å². The van der Waals surface area contributed by atoms with Gasteiger partial charge in [0, 0.05) is 0 Å². The van der Waals surface area contributed by atoms with Crippen molar-refractivity contribution < 1.29 is 17.5 Å². The monoisotopic (exact) mass is 282 g/mol. The molecule has 0 radical (unpaired) electrons. The fourth-order valence-corrected chi connectivity index (χ4v) is 2.70. The van der Waals surface area contributed by atoms with Crippen molar-refractivity contribution in [1.82, 2.24) is 4.98 Å². The Bertz CT molecular complexity index is 672. The fourth-order valence-electron chi connectivity index (χ4n) is 1.49. The molecule has 1 heterocycles. The minimum Gasteiger partial charge on any atom is -0.495 e. The van der Waals surface area contributed by atoms with E-state index in [0.29, 0.717) is 0 Å². The van der Waals surface area contributed by atoms with Crippen molar-refractivity contribution in [3.05, 3.63) is 48.5 Å². The predicted octanol–water partition coefficient (Wildman–Crippen LogP) is 2.03. The van der Waals surface area contributed by atoms with Crippen LogP contribution in [0.5, 0.6) is 5.75 Å². The number of benzene rings is 1. The smallest absolute Gasteiger partial charge is 0.265 e. The molecule has 0 bridgehead atoms. The molecule has 0 spiro atoms. The lowest BCUT2D eigenvalue weighted by molar-refractivity contribution is 0.403. The Kier molecular flexibility index (Phi) is 3.66. The quantitative estimate of drug-likeness (QED) is 0.871. The van der Waals surface area contributed by atoms with Gasteiger partial charge in [0.25, 0.3) is 10.0 Å². The van der Waals surface area contributed by atoms with Crippen molar-refractivity contribution in [2.45, 2.75) is 4.90 Å². The zero-order valence-corrected chi connectivity index (χ0v) is 10.8. The summed E-state index contributed by atoms with van der Waals surface area (Å²) in [7, 11) is -2.42. The van der Waals surface area contributed by atoms with Gasteiger partial charge in [0.15, 0.2) is 0 Å². The molecule has 0 saturated heterocycles. The van der Waals surface area contributed by atoms with Gasteiger partial charge in [0.1, 0.15) is 10.6 Å². The minimum atomic E-state index is -3.81. The van der Waals surface area contributed by atoms with Gasteiger partial charge in [0.2, 0.25) is 5.95 Å². The van der Waals surface area contributed by atoms with E-state index in [1.54, 1.807) is 12.1 Å². The number of hydrogen-bond acceptors (Lipinski definition) is 4. The molecule has 0 aliphatic rings. The van der Waals surface area contributed by atoms with Crippen molar-refractivity contribution in [2.24, 2.45) is 0 Å². The molecule has 5 nitrogen and oxygen atoms in total. The molecule has 1 aromatic carbocycles. The summed E-state index contributed by atoms with van der Waals surface area (Å²) in [6, 6.07) is 8.56. The maximum atomic E-state index is 12.7. The summed E-state index contributed by atoms with van der Waals surface area (Å²) in [6.07, 6.45) is 1.10. The lowest BCUT2D eigenvalue weighted by Gasteiger charge is -2.10. The lowest BCUT2D eigenvalue weighted by Crippen LogP contribution is -2.14. The number of nitrogens with one attached hydrogen (secondary N) is 1. The number of ether oxygens (including phenoxy) is 1. The standard InChI is InChI=1S/C12H11FN2O3S/c1-18-10-4-2-3-5-11(10)19(16,17)15-9-6-7-12(13)14-8-9/h2-8,15H,1H3. The van der Waals surface area contributed by atoms with Crippen molar-refractivity contribution in [2.75, 3.05) is 11.8 Å². The van der Waals surface area contributed by atoms with Gasteiger partial charge in [-0.25, -0.2) is 13.4 Å². The summed E-state index contributed by atoms with van der Waals surface area (Å²) in [5, 5.41) is 0. The lowest BCUT2D eigenvalue weighted by atomic mass is 10.3. The third-order valence-electron chi connectivity index (χ3n) is 2.34. The van der Waals surface area contributed by atoms with E-state index >= 15 is 0 Å². The first-order chi connectivity index (χ1) is 9.03. The topological polar surface area (TPSA) is 68.3 Å². The highest BCUT2D eigenvalue weighted by atomic mass is 32.2. The average Bonchev–Trinajstić information content (AvgIpc) is 2.41. The van der Waals surface area contributed by atoms with Crippen LogP contribution < -0.4 is 9.46 Å². The highest BCUT2D eigenvalue weighted by Gasteiger charge is 2.19. The van der Waals surface area contributed by atoms with Crippen LogP contribution in [0.1, 0.15) is 0 Å². The van der Waals surface area contributed by atoms with Gasteiger partial charge in [-0.05, 0) is 24.3 Å². The van der Waals surface area contributed by atoms with Gasteiger partial charge < -0.3 is 4.74 Å². The molecule has 1 aromatic heterocycles. The summed E-state index contributed by atoms with van der Waals surface area (Å²) in [5.41, 5.74) is 0.173. The molecule has 0 unspecified atom stereocenters. The summed E-state index contributed by atoms with van der Waals surface area (Å²) >= 11 is 0. The van der Waals surface area contributed by atoms with E-state index in [1.807, 2.05) is 0 Å². The van der Waals surface area contributed by atoms with Gasteiger partial charge in [-0.2, -0.15) is 4.39 Å². The maximum absolute atomic E-state index is 12.7. The Morgan fingerprint density at radius 3 is 2.58 bits per heavy atom. The summed E-state index contributed by atoms with van der Waals surface area (Å²) < 4.78 is 44.3. The second-order valence-electron chi connectivity index (χ2n) is 3.63. The van der Waals surface area contributed by atoms with Crippen LogP contribution in [0.4, 0.5) is 10.1 Å². The molecule has 0 saturated carbocycles. The summed E-state index contributed by atoms with van der Waals surface area (Å²) in [4.78, 5) is 3.38. The Labute approximate surface area is 110 Å². The number of para-hydroxylation sites is 1. The Hall–Kier alpha value is -2.15. The molecule has 0 fully saturated rings. The number of aromatic nitrogens is 1. The minimum absolute atomic E-state index is 0.00169. The maximum Gasteiger partial charge on any atom is 0.265 e. The van der Waals surface area contributed by atoms with Crippen LogP contribution in [-0.4, -0.2) is 20.5 Å². The van der Waals surface area contributed by atoms with Crippen LogP contribution >= 0.6 is 0 Å². The van der Waals surface area contributed by atoms with Crippen molar-refractivity contribution in [3.8, 4) is 5.75 Å². The highest BCUT2D eigenvalue weighted by Crippen LogP contribution is 2.24. The molecule has 1 N–H and O–H groups in total. The highest BCUT2D eigenvalue weighted by molar-refractivity contribution is 7.92. The van der Waals surface area contributed by atoms with Crippen LogP contribution in [0.25, 0.3) is 0 Å². The number of pyridine rings is 1. The number of sulfonamides is 1. The van der Waals surface area contributed by atoms with Gasteiger partial charge in [-0.15, -0.1) is 0 Å². The number of nitrogens with zero attached hydrogens (tertiary/aromatic N) is 1. The Morgan fingerprint density at radius 1 is 1.21 bits per heavy atom. The van der Waals surface area contributed by atoms with E-state index in [0.717, 1.165) is 12.3 Å². The van der Waals surface area contributed by atoms with E-state index in [1.165, 1.54) is 25.3 Å². The molecule has 0 aliphatic heterocycles. The fraction of sp³-hybridized carbons (Fsp3) is 0.0833. The molecule has 7 heteroatoms. The van der Waals surface area contributed by atoms with Gasteiger partial charge in [-0.1, -0.05) is 12.1 Å². The van der Waals surface area contributed by atoms with Crippen LogP contribution in [-0.2, 0) is 10.0 Å². The second kappa shape index (κ2) is 5.23. The molecule has 0 atom stereocenters. The normalized spacial score (nSPS) is 11.1. The van der Waals surface area contributed by atoms with Crippen LogP contribution in [0, 0.1) is 5.95 Å². The van der Waals surface area contributed by atoms with Crippen molar-refractivity contribution in [3.63, 3.8) is 0 Å². The molecule has 0 amide bonds. The average molecular weight is 282 g/mol. The number of methoxy groups -OCH3 is 1. The van der Waals surface area contributed by atoms with E-state index in [2.05, 4.69) is 9.71 Å². The molecule has 2 aromatic rings. The van der Waals surface area contributed by atoms with E-state index in [9.17, 15) is 12.8 Å². The Morgan fingerprint density at radius 2 is 1.95 bits per heavy atom. The third-order valence-corrected chi connectivity index (χ3v) is 3.76. The predicted molar refractivity (Wildman–Crippen MR) is 68.0 cm³/mol. The SMILES string of the molecule is COc1ccccc1S(=O)(=O)Nc1ccc(F)nc1. The third kappa shape index (κ3) is 3.00. The molecule has 2 rings (SSSR count). The molecular weight excluding hydrogens is 271 g/mol. The van der Waals surface area contributed by atoms with Crippen molar-refractivity contribution >= 4 is 15.7 Å². The first-order valence-electron chi connectivity index (χ1n) is 5.30. The van der Waals surface area contributed by atoms with E-state index < -0.39 is 16.0 Å². The first kappa shape index (κ1) is 13.3. The van der Waals surface area contributed by atoms with E-state index in [4.69, 9.17) is 4.74 Å². The number of anilines is 1. The summed E-state index contributed by atoms with van der Waals surface area (Å²) in [6.45, 7) is 0. The first-order valence-corrected chi connectivity index (χ1v) is 6.78. The molecular formula is C12H11FN2O3S. The molecule has 19 heavy (non-hydrogen) atoms. The van der Waals surface area contributed by atoms with Crippen molar-refractivity contribution in [1.29, 1.82) is 0 Å². The van der Waals surface area contributed by atoms with Gasteiger partial charge in [0.05, 0.1) is 19.0 Å². The number of halogens is 1. The van der Waals surface area contributed by atoms with Gasteiger partial charge in [-0.3, -0.25) is 4.72 Å². The Balaban J connectivity index is 2.35. The molecule has 100 valence electrons. The van der Waals surface area contributed by atoms with Crippen LogP contribution in [0.3, 0.4) is 0 Å². The van der Waals surface area contributed by atoms with E-state index in [-0.39, 0.29) is 16.3 Å². The second-order valence-corrected chi connectivity index (χ2v) is 5.28. The van der Waals surface area contributed by atoms with Crippen LogP contribution in [0.15, 0.2) is 47.5 Å². The summed E-state index contributed by atoms with van der Waals surface area (Å²) in [5.74, 6) is -0.453. The largest absolute Gasteiger partial charge is 0.495 e. The number of hydrogen-bond donors (Lipinski definition) is 1. The van der Waals surface area contributed by atoms with Gasteiger partial charge >= 0.3 is 0 Å². The zero-order valence-electron chi connectivity index (χ0n) is 10.00. The zero-order chi connectivity index (χ0) is 13.9. The molecule has 0 aliphatic carbocycles.